The fraction of sp³-hybridized carbons (Fsp3) is 0.375. The highest BCUT2D eigenvalue weighted by Gasteiger charge is 2.18. The molecule has 1 N–H and O–H groups in total. The van der Waals surface area contributed by atoms with Crippen molar-refractivity contribution in [2.45, 2.75) is 6.42 Å². The van der Waals surface area contributed by atoms with Gasteiger partial charge in [-0.1, -0.05) is 18.2 Å². The van der Waals surface area contributed by atoms with Crippen molar-refractivity contribution >= 4 is 5.69 Å². The molecule has 1 aliphatic heterocycles. The van der Waals surface area contributed by atoms with E-state index in [-0.39, 0.29) is 0 Å². The highest BCUT2D eigenvalue weighted by molar-refractivity contribution is 5.46. The zero-order chi connectivity index (χ0) is 13.6. The van der Waals surface area contributed by atoms with Crippen molar-refractivity contribution in [1.29, 1.82) is 0 Å². The zero-order valence-corrected chi connectivity index (χ0v) is 11.6. The Bertz CT molecular complexity index is 515. The number of anilines is 1. The fourth-order valence-corrected chi connectivity index (χ4v) is 2.73. The first kappa shape index (κ1) is 13.1. The van der Waals surface area contributed by atoms with Crippen LogP contribution < -0.4 is 10.2 Å². The molecule has 0 spiro atoms. The Morgan fingerprint density at radius 2 is 2.10 bits per heavy atom. The molecule has 0 amide bonds. The molecule has 1 atom stereocenters. The molecule has 1 aromatic carbocycles. The monoisotopic (exact) mass is 268 g/mol. The summed E-state index contributed by atoms with van der Waals surface area (Å²) >= 11 is 0. The molecule has 0 radical (unpaired) electrons. The minimum Gasteiger partial charge on any atom is -0.370 e. The van der Waals surface area contributed by atoms with E-state index >= 15 is 0 Å². The Morgan fingerprint density at radius 1 is 1.20 bits per heavy atom. The van der Waals surface area contributed by atoms with Crippen molar-refractivity contribution < 1.29 is 0 Å². The average Bonchev–Trinajstić information content (AvgIpc) is 2.75. The molecule has 20 heavy (non-hydrogen) atoms. The molecule has 2 aromatic rings. The van der Waals surface area contributed by atoms with Crippen LogP contribution in [0.1, 0.15) is 5.69 Å². The highest BCUT2D eigenvalue weighted by atomic mass is 15.2. The van der Waals surface area contributed by atoms with E-state index in [0.717, 1.165) is 38.3 Å². The normalized spacial score (nSPS) is 19.6. The van der Waals surface area contributed by atoms with E-state index in [1.54, 1.807) is 12.4 Å². The summed E-state index contributed by atoms with van der Waals surface area (Å²) in [6.45, 7) is 4.19. The third-order valence-corrected chi connectivity index (χ3v) is 3.71. The van der Waals surface area contributed by atoms with Gasteiger partial charge in [0.25, 0.3) is 0 Å². The zero-order valence-electron chi connectivity index (χ0n) is 11.6. The van der Waals surface area contributed by atoms with E-state index in [9.17, 15) is 0 Å². The molecule has 1 fully saturated rings. The number of hydrogen-bond acceptors (Lipinski definition) is 4. The Labute approximate surface area is 119 Å². The average molecular weight is 268 g/mol. The molecule has 0 saturated carbocycles. The molecule has 1 unspecified atom stereocenters. The molecule has 1 aromatic heterocycles. The molecule has 3 rings (SSSR count). The van der Waals surface area contributed by atoms with Crippen molar-refractivity contribution in [3.8, 4) is 0 Å². The van der Waals surface area contributed by atoms with Crippen LogP contribution in [-0.2, 0) is 6.42 Å². The van der Waals surface area contributed by atoms with Gasteiger partial charge in [-0.2, -0.15) is 0 Å². The van der Waals surface area contributed by atoms with Crippen molar-refractivity contribution in [3.63, 3.8) is 0 Å². The maximum Gasteiger partial charge on any atom is 0.0590 e. The molecule has 0 aliphatic carbocycles. The van der Waals surface area contributed by atoms with E-state index in [1.165, 1.54) is 5.69 Å². The van der Waals surface area contributed by atoms with E-state index in [0.29, 0.717) is 5.92 Å². The molecule has 104 valence electrons. The van der Waals surface area contributed by atoms with E-state index in [1.807, 2.05) is 6.20 Å². The lowest BCUT2D eigenvalue weighted by atomic mass is 10.0. The fourth-order valence-electron chi connectivity index (χ4n) is 2.73. The van der Waals surface area contributed by atoms with Gasteiger partial charge in [-0.15, -0.1) is 0 Å². The van der Waals surface area contributed by atoms with Gasteiger partial charge in [-0.3, -0.25) is 9.97 Å². The van der Waals surface area contributed by atoms with Gasteiger partial charge in [-0.05, 0) is 24.5 Å². The summed E-state index contributed by atoms with van der Waals surface area (Å²) in [5, 5.41) is 3.53. The van der Waals surface area contributed by atoms with Crippen LogP contribution in [0.25, 0.3) is 0 Å². The first-order chi connectivity index (χ1) is 9.92. The van der Waals surface area contributed by atoms with Gasteiger partial charge in [0.15, 0.2) is 0 Å². The minimum atomic E-state index is 0.564. The number of rotatable bonds is 3. The van der Waals surface area contributed by atoms with Gasteiger partial charge in [0, 0.05) is 50.5 Å². The third-order valence-electron chi connectivity index (χ3n) is 3.71. The number of nitrogens with one attached hydrogen (secondary N) is 1. The van der Waals surface area contributed by atoms with Crippen LogP contribution in [0.3, 0.4) is 0 Å². The molecule has 4 heteroatoms. The highest BCUT2D eigenvalue weighted by Crippen LogP contribution is 2.17. The number of hydrogen-bond donors (Lipinski definition) is 1. The standard InChI is InChI=1S/C16H20N4/c1-2-4-16(5-3-1)20-9-8-18-11-14(13-20)10-15-12-17-6-7-19-15/h1-7,12,14,18H,8-11,13H2. The summed E-state index contributed by atoms with van der Waals surface area (Å²) in [5.74, 6) is 0.564. The largest absolute Gasteiger partial charge is 0.370 e. The van der Waals surface area contributed by atoms with Gasteiger partial charge in [0.1, 0.15) is 0 Å². The number of aromatic nitrogens is 2. The molecule has 0 bridgehead atoms. The summed E-state index contributed by atoms with van der Waals surface area (Å²) in [7, 11) is 0. The SMILES string of the molecule is c1ccc(N2CCNCC(Cc3cnccn3)C2)cc1. The maximum absolute atomic E-state index is 4.39. The molecule has 4 nitrogen and oxygen atoms in total. The van der Waals surface area contributed by atoms with Crippen LogP contribution >= 0.6 is 0 Å². The van der Waals surface area contributed by atoms with Crippen LogP contribution in [0.2, 0.25) is 0 Å². The lowest BCUT2D eigenvalue weighted by Crippen LogP contribution is -2.30. The van der Waals surface area contributed by atoms with Gasteiger partial charge < -0.3 is 10.2 Å². The quantitative estimate of drug-likeness (QED) is 0.920. The van der Waals surface area contributed by atoms with Crippen LogP contribution in [0, 0.1) is 5.92 Å². The number of benzene rings is 1. The molecule has 2 heterocycles. The lowest BCUT2D eigenvalue weighted by Gasteiger charge is -2.25. The van der Waals surface area contributed by atoms with Crippen LogP contribution in [0.15, 0.2) is 48.9 Å². The first-order valence-electron chi connectivity index (χ1n) is 7.17. The molecular weight excluding hydrogens is 248 g/mol. The Balaban J connectivity index is 1.69. The van der Waals surface area contributed by atoms with E-state index in [4.69, 9.17) is 0 Å². The predicted octanol–water partition coefficient (Wildman–Crippen LogP) is 1.75. The van der Waals surface area contributed by atoms with Crippen molar-refractivity contribution in [3.05, 3.63) is 54.6 Å². The molecule has 1 saturated heterocycles. The molecule has 1 aliphatic rings. The van der Waals surface area contributed by atoms with Gasteiger partial charge in [0.2, 0.25) is 0 Å². The molecular formula is C16H20N4. The lowest BCUT2D eigenvalue weighted by molar-refractivity contribution is 0.507. The Hall–Kier alpha value is -1.94. The summed E-state index contributed by atoms with van der Waals surface area (Å²) in [5.41, 5.74) is 2.38. The van der Waals surface area contributed by atoms with Crippen LogP contribution in [-0.4, -0.2) is 36.1 Å². The summed E-state index contributed by atoms with van der Waals surface area (Å²) < 4.78 is 0. The maximum atomic E-state index is 4.39. The Morgan fingerprint density at radius 3 is 2.90 bits per heavy atom. The smallest absolute Gasteiger partial charge is 0.0590 e. The summed E-state index contributed by atoms with van der Waals surface area (Å²) in [6.07, 6.45) is 6.35. The van der Waals surface area contributed by atoms with Gasteiger partial charge in [0.05, 0.1) is 5.69 Å². The second-order valence-corrected chi connectivity index (χ2v) is 5.25. The van der Waals surface area contributed by atoms with E-state index in [2.05, 4.69) is 50.5 Å². The Kier molecular flexibility index (Phi) is 4.23. The number of para-hydroxylation sites is 1. The van der Waals surface area contributed by atoms with Crippen molar-refractivity contribution in [2.75, 3.05) is 31.1 Å². The number of nitrogens with zero attached hydrogens (tertiary/aromatic N) is 3. The van der Waals surface area contributed by atoms with E-state index < -0.39 is 0 Å². The van der Waals surface area contributed by atoms with Crippen LogP contribution in [0.5, 0.6) is 0 Å². The second-order valence-electron chi connectivity index (χ2n) is 5.25. The first-order valence-corrected chi connectivity index (χ1v) is 7.17. The minimum absolute atomic E-state index is 0.564. The predicted molar refractivity (Wildman–Crippen MR) is 80.8 cm³/mol. The topological polar surface area (TPSA) is 41.0 Å². The third kappa shape index (κ3) is 3.33. The van der Waals surface area contributed by atoms with Gasteiger partial charge in [-0.25, -0.2) is 0 Å². The second kappa shape index (κ2) is 6.48. The van der Waals surface area contributed by atoms with Crippen LogP contribution in [0.4, 0.5) is 5.69 Å². The van der Waals surface area contributed by atoms with Gasteiger partial charge >= 0.3 is 0 Å². The van der Waals surface area contributed by atoms with Crippen molar-refractivity contribution in [2.24, 2.45) is 5.92 Å². The summed E-state index contributed by atoms with van der Waals surface area (Å²) in [6, 6.07) is 10.6. The van der Waals surface area contributed by atoms with Crippen molar-refractivity contribution in [1.82, 2.24) is 15.3 Å². The summed E-state index contributed by atoms with van der Waals surface area (Å²) in [4.78, 5) is 11.0.